The number of benzene rings is 1. The summed E-state index contributed by atoms with van der Waals surface area (Å²) in [5.41, 5.74) is 1.22. The van der Waals surface area contributed by atoms with E-state index in [1.807, 2.05) is 30.0 Å². The van der Waals surface area contributed by atoms with Crippen LogP contribution in [0, 0.1) is 11.8 Å². The van der Waals surface area contributed by atoms with Crippen molar-refractivity contribution < 1.29 is 14.4 Å². The smallest absolute Gasteiger partial charge is 0.246 e. The van der Waals surface area contributed by atoms with Gasteiger partial charge in [0.15, 0.2) is 0 Å². The van der Waals surface area contributed by atoms with Crippen LogP contribution < -0.4 is 10.6 Å². The van der Waals surface area contributed by atoms with Gasteiger partial charge in [-0.1, -0.05) is 56.5 Å². The first-order valence-electron chi connectivity index (χ1n) is 13.1. The number of rotatable bonds is 9. The van der Waals surface area contributed by atoms with Crippen molar-refractivity contribution in [2.75, 3.05) is 26.7 Å². The van der Waals surface area contributed by atoms with Gasteiger partial charge in [0.2, 0.25) is 17.7 Å². The van der Waals surface area contributed by atoms with Crippen LogP contribution in [0.2, 0.25) is 0 Å². The van der Waals surface area contributed by atoms with Crippen LogP contribution >= 0.6 is 0 Å². The minimum absolute atomic E-state index is 0.0584. The Labute approximate surface area is 203 Å². The van der Waals surface area contributed by atoms with Gasteiger partial charge in [0.25, 0.3) is 0 Å². The van der Waals surface area contributed by atoms with Crippen LogP contribution in [0.4, 0.5) is 0 Å². The minimum atomic E-state index is -0.542. The van der Waals surface area contributed by atoms with E-state index in [4.69, 9.17) is 0 Å². The van der Waals surface area contributed by atoms with Crippen molar-refractivity contribution in [2.24, 2.45) is 11.8 Å². The molecule has 2 saturated heterocycles. The fraction of sp³-hybridized carbons (Fsp3) is 0.667. The van der Waals surface area contributed by atoms with E-state index in [1.165, 1.54) is 12.0 Å². The quantitative estimate of drug-likeness (QED) is 0.583. The minimum Gasteiger partial charge on any atom is -0.343 e. The number of likely N-dealkylation sites (tertiary alicyclic amines) is 2. The molecule has 34 heavy (non-hydrogen) atoms. The van der Waals surface area contributed by atoms with Crippen LogP contribution in [0.1, 0.15) is 57.4 Å². The van der Waals surface area contributed by atoms with Crippen molar-refractivity contribution in [1.82, 2.24) is 20.4 Å². The first-order valence-corrected chi connectivity index (χ1v) is 13.1. The lowest BCUT2D eigenvalue weighted by Gasteiger charge is -2.35. The average molecular weight is 469 g/mol. The van der Waals surface area contributed by atoms with Gasteiger partial charge in [-0.15, -0.1) is 0 Å². The number of amides is 3. The molecular weight excluding hydrogens is 428 g/mol. The van der Waals surface area contributed by atoms with Crippen molar-refractivity contribution in [3.05, 3.63) is 35.9 Å². The molecule has 3 aliphatic rings. The molecule has 4 atom stereocenters. The van der Waals surface area contributed by atoms with Crippen molar-refractivity contribution in [1.29, 1.82) is 0 Å². The third kappa shape index (κ3) is 5.29. The maximum Gasteiger partial charge on any atom is 0.246 e. The Bertz CT molecular complexity index is 851. The predicted molar refractivity (Wildman–Crippen MR) is 132 cm³/mol. The van der Waals surface area contributed by atoms with Crippen molar-refractivity contribution >= 4 is 17.7 Å². The van der Waals surface area contributed by atoms with Gasteiger partial charge in [-0.25, -0.2) is 0 Å². The molecule has 1 aromatic rings. The molecule has 186 valence electrons. The second kappa shape index (κ2) is 11.3. The van der Waals surface area contributed by atoms with Gasteiger partial charge < -0.3 is 20.4 Å². The Morgan fingerprint density at radius 1 is 1.09 bits per heavy atom. The second-order valence-corrected chi connectivity index (χ2v) is 10.2. The number of fused-ring (bicyclic) bond motifs is 1. The summed E-state index contributed by atoms with van der Waals surface area (Å²) in [7, 11) is 1.78. The average Bonchev–Trinajstić information content (AvgIpc) is 3.42. The summed E-state index contributed by atoms with van der Waals surface area (Å²) in [6.45, 7) is 3.97. The number of nitrogens with zero attached hydrogens (tertiary/aromatic N) is 2. The number of carbonyl (C=O) groups is 3. The normalized spacial score (nSPS) is 24.7. The van der Waals surface area contributed by atoms with Gasteiger partial charge in [0.05, 0.1) is 6.04 Å². The highest BCUT2D eigenvalue weighted by Gasteiger charge is 2.51. The predicted octanol–water partition coefficient (Wildman–Crippen LogP) is 2.35. The topological polar surface area (TPSA) is 81.8 Å². The number of likely N-dealkylation sites (N-methyl/N-ethyl adjacent to an activating group) is 1. The molecule has 0 spiro atoms. The van der Waals surface area contributed by atoms with Gasteiger partial charge >= 0.3 is 0 Å². The Balaban J connectivity index is 1.45. The van der Waals surface area contributed by atoms with Crippen LogP contribution in [0.25, 0.3) is 0 Å². The highest BCUT2D eigenvalue weighted by atomic mass is 16.2. The molecule has 3 amide bonds. The SMILES string of the molecule is CCC(NC)C(=O)N[C@H](C(=O)N1CC[C@H]2CN(CCc3ccccc3)C(=O)[C@H]21)C1CCCCC1. The maximum atomic E-state index is 13.9. The largest absolute Gasteiger partial charge is 0.343 e. The van der Waals surface area contributed by atoms with Crippen LogP contribution in [0.3, 0.4) is 0 Å². The molecule has 3 fully saturated rings. The summed E-state index contributed by atoms with van der Waals surface area (Å²) in [5, 5.41) is 6.15. The molecule has 2 heterocycles. The summed E-state index contributed by atoms with van der Waals surface area (Å²) < 4.78 is 0. The van der Waals surface area contributed by atoms with Crippen molar-refractivity contribution in [3.8, 4) is 0 Å². The molecule has 1 aliphatic carbocycles. The van der Waals surface area contributed by atoms with Crippen molar-refractivity contribution in [3.63, 3.8) is 0 Å². The van der Waals surface area contributed by atoms with Crippen LogP contribution in [0.5, 0.6) is 0 Å². The summed E-state index contributed by atoms with van der Waals surface area (Å²) in [6, 6.07) is 8.98. The second-order valence-electron chi connectivity index (χ2n) is 10.2. The molecule has 2 N–H and O–H groups in total. The molecule has 1 unspecified atom stereocenters. The molecule has 0 radical (unpaired) electrons. The highest BCUT2D eigenvalue weighted by Crippen LogP contribution is 2.35. The third-order valence-corrected chi connectivity index (χ3v) is 8.10. The summed E-state index contributed by atoms with van der Waals surface area (Å²) in [5.74, 6) is 0.228. The lowest BCUT2D eigenvalue weighted by atomic mass is 9.83. The van der Waals surface area contributed by atoms with E-state index in [0.29, 0.717) is 19.5 Å². The van der Waals surface area contributed by atoms with E-state index >= 15 is 0 Å². The third-order valence-electron chi connectivity index (χ3n) is 8.10. The summed E-state index contributed by atoms with van der Waals surface area (Å²) >= 11 is 0. The van der Waals surface area contributed by atoms with E-state index < -0.39 is 6.04 Å². The Kier molecular flexibility index (Phi) is 8.24. The number of nitrogens with one attached hydrogen (secondary N) is 2. The zero-order valence-corrected chi connectivity index (χ0v) is 20.7. The number of hydrogen-bond donors (Lipinski definition) is 2. The number of hydrogen-bond acceptors (Lipinski definition) is 4. The molecule has 2 aliphatic heterocycles. The van der Waals surface area contributed by atoms with Gasteiger partial charge in [-0.2, -0.15) is 0 Å². The zero-order valence-electron chi connectivity index (χ0n) is 20.7. The molecule has 1 saturated carbocycles. The molecule has 4 rings (SSSR count). The fourth-order valence-electron chi connectivity index (χ4n) is 6.10. The van der Waals surface area contributed by atoms with Crippen LogP contribution in [-0.2, 0) is 20.8 Å². The lowest BCUT2D eigenvalue weighted by Crippen LogP contribution is -2.58. The molecular formula is C27H40N4O3. The molecule has 1 aromatic carbocycles. The van der Waals surface area contributed by atoms with E-state index in [9.17, 15) is 14.4 Å². The van der Waals surface area contributed by atoms with Crippen molar-refractivity contribution in [2.45, 2.75) is 76.4 Å². The first kappa shape index (κ1) is 24.7. The fourth-order valence-corrected chi connectivity index (χ4v) is 6.10. The van der Waals surface area contributed by atoms with Gasteiger partial charge in [0.1, 0.15) is 12.1 Å². The van der Waals surface area contributed by atoms with Crippen LogP contribution in [0.15, 0.2) is 30.3 Å². The Morgan fingerprint density at radius 3 is 2.50 bits per heavy atom. The lowest BCUT2D eigenvalue weighted by molar-refractivity contribution is -0.144. The molecule has 7 nitrogen and oxygen atoms in total. The van der Waals surface area contributed by atoms with Crippen LogP contribution in [-0.4, -0.2) is 72.3 Å². The molecule has 0 aromatic heterocycles. The molecule has 0 bridgehead atoms. The van der Waals surface area contributed by atoms with Gasteiger partial charge in [0, 0.05) is 25.6 Å². The number of carbonyl (C=O) groups excluding carboxylic acids is 3. The monoisotopic (exact) mass is 468 g/mol. The highest BCUT2D eigenvalue weighted by molar-refractivity contribution is 5.94. The van der Waals surface area contributed by atoms with E-state index in [0.717, 1.165) is 45.1 Å². The first-order chi connectivity index (χ1) is 16.5. The Hall–Kier alpha value is -2.41. The van der Waals surface area contributed by atoms with Gasteiger partial charge in [-0.05, 0) is 50.6 Å². The zero-order chi connectivity index (χ0) is 24.1. The molecule has 7 heteroatoms. The summed E-state index contributed by atoms with van der Waals surface area (Å²) in [4.78, 5) is 43.9. The van der Waals surface area contributed by atoms with Gasteiger partial charge in [-0.3, -0.25) is 14.4 Å². The standard InChI is InChI=1S/C27H40N4O3/c1-3-22(28-2)25(32)29-23(20-12-8-5-9-13-20)26(33)31-17-15-21-18-30(27(34)24(21)31)16-14-19-10-6-4-7-11-19/h4,6-7,10-11,20-24,28H,3,5,8-9,12-18H2,1-2H3,(H,29,32)/t21-,22?,23-,24-/m0/s1. The summed E-state index contributed by atoms with van der Waals surface area (Å²) in [6.07, 6.45) is 7.60. The van der Waals surface area contributed by atoms with E-state index in [1.54, 1.807) is 11.9 Å². The van der Waals surface area contributed by atoms with E-state index in [2.05, 4.69) is 22.8 Å². The van der Waals surface area contributed by atoms with E-state index in [-0.39, 0.29) is 41.6 Å². The maximum absolute atomic E-state index is 13.9. The Morgan fingerprint density at radius 2 is 1.82 bits per heavy atom.